The minimum atomic E-state index is -1.28. The maximum Gasteiger partial charge on any atom is 0.326 e. The van der Waals surface area contributed by atoms with Gasteiger partial charge in [0.25, 0.3) is 5.91 Å². The van der Waals surface area contributed by atoms with Crippen molar-refractivity contribution in [3.63, 3.8) is 0 Å². The van der Waals surface area contributed by atoms with E-state index in [4.69, 9.17) is 16.6 Å². The van der Waals surface area contributed by atoms with Gasteiger partial charge in [-0.2, -0.15) is 9.97 Å². The number of carbonyl (C=O) groups excluding carboxylic acids is 1. The molecule has 0 radical (unpaired) electrons. The van der Waals surface area contributed by atoms with E-state index in [1.165, 1.54) is 0 Å². The molecule has 0 saturated carbocycles. The smallest absolute Gasteiger partial charge is 0.326 e. The van der Waals surface area contributed by atoms with Gasteiger partial charge in [-0.25, -0.2) is 9.78 Å². The van der Waals surface area contributed by atoms with Crippen LogP contribution in [-0.4, -0.2) is 49.1 Å². The van der Waals surface area contributed by atoms with Gasteiger partial charge in [0.1, 0.15) is 11.9 Å². The Labute approximate surface area is 188 Å². The van der Waals surface area contributed by atoms with Gasteiger partial charge in [0, 0.05) is 18.2 Å². The zero-order valence-electron chi connectivity index (χ0n) is 17.7. The van der Waals surface area contributed by atoms with Crippen LogP contribution in [0.5, 0.6) is 0 Å². The number of amides is 1. The molecule has 0 aliphatic carbocycles. The minimum absolute atomic E-state index is 0.0797. The Hall–Kier alpha value is -4.28. The monoisotopic (exact) mass is 452 g/mol. The number of pyridine rings is 1. The number of carbonyl (C=O) groups is 3. The largest absolute Gasteiger partial charge is 0.481 e. The molecular formula is C22H24N6O5. The lowest BCUT2D eigenvalue weighted by atomic mass is 10.0. The van der Waals surface area contributed by atoms with E-state index >= 15 is 0 Å². The van der Waals surface area contributed by atoms with E-state index in [-0.39, 0.29) is 24.6 Å². The average Bonchev–Trinajstić information content (AvgIpc) is 2.77. The number of nitrogens with one attached hydrogen (secondary N) is 1. The summed E-state index contributed by atoms with van der Waals surface area (Å²) in [6.45, 7) is 0. The van der Waals surface area contributed by atoms with Crippen molar-refractivity contribution >= 4 is 40.6 Å². The molecule has 11 heteroatoms. The molecule has 172 valence electrons. The fourth-order valence-electron chi connectivity index (χ4n) is 3.32. The summed E-state index contributed by atoms with van der Waals surface area (Å²) in [5.74, 6) is -2.60. The first-order chi connectivity index (χ1) is 15.7. The molecule has 0 fully saturated rings. The number of hydrogen-bond acceptors (Lipinski definition) is 8. The predicted octanol–water partition coefficient (Wildman–Crippen LogP) is 1.41. The third-order valence-corrected chi connectivity index (χ3v) is 5.05. The third kappa shape index (κ3) is 6.35. The van der Waals surface area contributed by atoms with Crippen molar-refractivity contribution in [3.8, 4) is 0 Å². The van der Waals surface area contributed by atoms with Gasteiger partial charge in [-0.3, -0.25) is 9.59 Å². The number of fused-ring (bicyclic) bond motifs is 1. The molecule has 2 aromatic heterocycles. The highest BCUT2D eigenvalue weighted by atomic mass is 16.4. The number of carboxylic acids is 2. The summed E-state index contributed by atoms with van der Waals surface area (Å²) in [6, 6.07) is 7.46. The molecule has 33 heavy (non-hydrogen) atoms. The number of carboxylic acid groups (broad SMARTS) is 2. The fraction of sp³-hybridized carbons (Fsp3) is 0.273. The summed E-state index contributed by atoms with van der Waals surface area (Å²) in [6.07, 6.45) is 3.51. The van der Waals surface area contributed by atoms with Crippen LogP contribution in [0.1, 0.15) is 40.7 Å². The number of aliphatic carboxylic acids is 2. The number of nitrogens with two attached hydrogens (primary N) is 2. The summed E-state index contributed by atoms with van der Waals surface area (Å²) in [5, 5.41) is 20.9. The van der Waals surface area contributed by atoms with Gasteiger partial charge in [-0.05, 0) is 55.0 Å². The Balaban J connectivity index is 1.55. The van der Waals surface area contributed by atoms with Crippen LogP contribution in [0.2, 0.25) is 0 Å². The number of benzene rings is 1. The number of anilines is 2. The van der Waals surface area contributed by atoms with Gasteiger partial charge in [0.15, 0.2) is 5.65 Å². The second-order valence-corrected chi connectivity index (χ2v) is 7.53. The van der Waals surface area contributed by atoms with Crippen molar-refractivity contribution in [3.05, 3.63) is 53.2 Å². The van der Waals surface area contributed by atoms with Crippen LogP contribution in [0.4, 0.5) is 11.8 Å². The lowest BCUT2D eigenvalue weighted by molar-refractivity contribution is -0.140. The second-order valence-electron chi connectivity index (χ2n) is 7.53. The van der Waals surface area contributed by atoms with Crippen molar-refractivity contribution < 1.29 is 24.6 Å². The van der Waals surface area contributed by atoms with Gasteiger partial charge in [0.05, 0.1) is 5.39 Å². The highest BCUT2D eigenvalue weighted by Gasteiger charge is 2.21. The Morgan fingerprint density at radius 2 is 1.70 bits per heavy atom. The Kier molecular flexibility index (Phi) is 7.34. The molecule has 11 nitrogen and oxygen atoms in total. The Morgan fingerprint density at radius 3 is 2.36 bits per heavy atom. The van der Waals surface area contributed by atoms with Gasteiger partial charge in [-0.15, -0.1) is 0 Å². The van der Waals surface area contributed by atoms with Crippen molar-refractivity contribution in [2.24, 2.45) is 0 Å². The minimum Gasteiger partial charge on any atom is -0.481 e. The molecule has 0 aliphatic rings. The van der Waals surface area contributed by atoms with Crippen molar-refractivity contribution in [2.45, 2.75) is 38.1 Å². The molecule has 3 aromatic rings. The van der Waals surface area contributed by atoms with E-state index < -0.39 is 23.9 Å². The first-order valence-electron chi connectivity index (χ1n) is 10.2. The first kappa shape index (κ1) is 23.4. The standard InChI is InChI=1S/C22H24N6O5/c23-18-15-10-13(11-25-19(15)28-22(24)27-18)3-1-2-12-4-6-14(7-5-12)20(31)26-16(21(32)33)8-9-17(29)30/h4-7,10-11,16H,1-3,8-9H2,(H,26,31)(H,29,30)(H,32,33)(H4,23,24,25,27,28)/t16-/m0/s1. The maximum atomic E-state index is 12.3. The zero-order chi connectivity index (χ0) is 24.0. The molecule has 7 N–H and O–H groups in total. The average molecular weight is 452 g/mol. The summed E-state index contributed by atoms with van der Waals surface area (Å²) >= 11 is 0. The van der Waals surface area contributed by atoms with E-state index in [0.29, 0.717) is 16.6 Å². The molecule has 1 aromatic carbocycles. The predicted molar refractivity (Wildman–Crippen MR) is 120 cm³/mol. The highest BCUT2D eigenvalue weighted by molar-refractivity contribution is 5.96. The topological polar surface area (TPSA) is 194 Å². The highest BCUT2D eigenvalue weighted by Crippen LogP contribution is 2.19. The van der Waals surface area contributed by atoms with Crippen molar-refractivity contribution in [2.75, 3.05) is 11.5 Å². The molecule has 0 unspecified atom stereocenters. The second kappa shape index (κ2) is 10.4. The van der Waals surface area contributed by atoms with E-state index in [1.807, 2.05) is 6.07 Å². The maximum absolute atomic E-state index is 12.3. The van der Waals surface area contributed by atoms with Gasteiger partial charge >= 0.3 is 11.9 Å². The quantitative estimate of drug-likeness (QED) is 0.300. The van der Waals surface area contributed by atoms with Crippen LogP contribution < -0.4 is 16.8 Å². The lowest BCUT2D eigenvalue weighted by Crippen LogP contribution is -2.41. The van der Waals surface area contributed by atoms with E-state index in [0.717, 1.165) is 30.4 Å². The van der Waals surface area contributed by atoms with Crippen LogP contribution in [0.25, 0.3) is 11.0 Å². The van der Waals surface area contributed by atoms with E-state index in [9.17, 15) is 19.5 Å². The van der Waals surface area contributed by atoms with Crippen molar-refractivity contribution in [1.82, 2.24) is 20.3 Å². The number of hydrogen-bond donors (Lipinski definition) is 5. The van der Waals surface area contributed by atoms with Gasteiger partial charge in [0.2, 0.25) is 5.95 Å². The summed E-state index contributed by atoms with van der Waals surface area (Å²) in [7, 11) is 0. The first-order valence-corrected chi connectivity index (χ1v) is 10.2. The molecule has 0 spiro atoms. The zero-order valence-corrected chi connectivity index (χ0v) is 17.7. The molecule has 0 aliphatic heterocycles. The van der Waals surface area contributed by atoms with E-state index in [2.05, 4.69) is 20.3 Å². The normalized spacial score (nSPS) is 11.8. The van der Waals surface area contributed by atoms with Crippen LogP contribution in [0.15, 0.2) is 36.5 Å². The fourth-order valence-corrected chi connectivity index (χ4v) is 3.32. The Morgan fingerprint density at radius 1 is 1.00 bits per heavy atom. The number of aryl methyl sites for hydroxylation is 2. The van der Waals surface area contributed by atoms with Crippen LogP contribution >= 0.6 is 0 Å². The number of nitrogen functional groups attached to an aromatic ring is 2. The van der Waals surface area contributed by atoms with Crippen LogP contribution in [0, 0.1) is 0 Å². The molecular weight excluding hydrogens is 428 g/mol. The van der Waals surface area contributed by atoms with Crippen LogP contribution in [-0.2, 0) is 22.4 Å². The summed E-state index contributed by atoms with van der Waals surface area (Å²) < 4.78 is 0. The van der Waals surface area contributed by atoms with Gasteiger partial charge < -0.3 is 27.0 Å². The summed E-state index contributed by atoms with van der Waals surface area (Å²) in [5.41, 5.74) is 14.2. The van der Waals surface area contributed by atoms with Crippen molar-refractivity contribution in [1.29, 1.82) is 0 Å². The third-order valence-electron chi connectivity index (χ3n) is 5.05. The number of rotatable bonds is 10. The Bertz CT molecular complexity index is 1180. The molecule has 0 saturated heterocycles. The molecule has 2 heterocycles. The number of aromatic nitrogens is 3. The van der Waals surface area contributed by atoms with Crippen LogP contribution in [0.3, 0.4) is 0 Å². The molecule has 1 amide bonds. The lowest BCUT2D eigenvalue weighted by Gasteiger charge is -2.13. The molecule has 1 atom stereocenters. The van der Waals surface area contributed by atoms with E-state index in [1.54, 1.807) is 30.5 Å². The SMILES string of the molecule is Nc1nc(N)c2cc(CCCc3ccc(C(=O)N[C@@H](CCC(=O)O)C(=O)O)cc3)cnc2n1. The van der Waals surface area contributed by atoms with Gasteiger partial charge in [-0.1, -0.05) is 12.1 Å². The summed E-state index contributed by atoms with van der Waals surface area (Å²) in [4.78, 5) is 46.5. The molecule has 3 rings (SSSR count). The number of nitrogens with zero attached hydrogens (tertiary/aromatic N) is 3. The molecule has 0 bridgehead atoms.